The number of hydrogen-bond acceptors (Lipinski definition) is 2. The third kappa shape index (κ3) is 2.57. The molecule has 1 aromatic carbocycles. The van der Waals surface area contributed by atoms with E-state index in [1.807, 2.05) is 0 Å². The highest BCUT2D eigenvalue weighted by Crippen LogP contribution is 2.21. The molecule has 14 heavy (non-hydrogen) atoms. The standard InChI is InChI=1S/C8H7ClFNO2.ClH/c9-5-3-1-2-4(6(5)10)7(11)8(12)13;/h1-3,7H,11H2,(H,12,13);1H/t7-;/m0./s1. The van der Waals surface area contributed by atoms with E-state index in [-0.39, 0.29) is 23.0 Å². The van der Waals surface area contributed by atoms with Gasteiger partial charge in [-0.15, -0.1) is 12.4 Å². The van der Waals surface area contributed by atoms with Crippen molar-refractivity contribution in [3.63, 3.8) is 0 Å². The van der Waals surface area contributed by atoms with Gasteiger partial charge in [-0.3, -0.25) is 4.79 Å². The molecule has 0 radical (unpaired) electrons. The molecule has 1 rings (SSSR count). The van der Waals surface area contributed by atoms with Crippen LogP contribution in [-0.4, -0.2) is 11.1 Å². The molecule has 0 aliphatic carbocycles. The Morgan fingerprint density at radius 3 is 2.64 bits per heavy atom. The molecule has 0 amide bonds. The zero-order chi connectivity index (χ0) is 10.0. The maximum absolute atomic E-state index is 13.1. The fourth-order valence-electron chi connectivity index (χ4n) is 0.894. The lowest BCUT2D eigenvalue weighted by atomic mass is 10.1. The second-order valence-electron chi connectivity index (χ2n) is 2.46. The first-order chi connectivity index (χ1) is 6.04. The molecule has 3 N–H and O–H groups in total. The maximum atomic E-state index is 13.1. The lowest BCUT2D eigenvalue weighted by Gasteiger charge is -2.08. The molecule has 1 atom stereocenters. The molecule has 0 aromatic heterocycles. The van der Waals surface area contributed by atoms with Gasteiger partial charge in [-0.2, -0.15) is 0 Å². The summed E-state index contributed by atoms with van der Waals surface area (Å²) >= 11 is 5.44. The zero-order valence-corrected chi connectivity index (χ0v) is 8.48. The summed E-state index contributed by atoms with van der Waals surface area (Å²) in [5.41, 5.74) is 5.10. The number of carboxylic acid groups (broad SMARTS) is 1. The van der Waals surface area contributed by atoms with Gasteiger partial charge in [0, 0.05) is 5.56 Å². The van der Waals surface area contributed by atoms with Crippen molar-refractivity contribution < 1.29 is 14.3 Å². The van der Waals surface area contributed by atoms with Gasteiger partial charge in [0.1, 0.15) is 11.9 Å². The molecule has 0 saturated heterocycles. The Balaban J connectivity index is 0.00000169. The van der Waals surface area contributed by atoms with Gasteiger partial charge < -0.3 is 10.8 Å². The SMILES string of the molecule is Cl.N[C@H](C(=O)O)c1cccc(Cl)c1F. The molecular weight excluding hydrogens is 232 g/mol. The van der Waals surface area contributed by atoms with Gasteiger partial charge in [0.2, 0.25) is 0 Å². The molecular formula is C8H8Cl2FNO2. The van der Waals surface area contributed by atoms with E-state index >= 15 is 0 Å². The Morgan fingerprint density at radius 1 is 1.57 bits per heavy atom. The van der Waals surface area contributed by atoms with E-state index in [0.29, 0.717) is 0 Å². The fourth-order valence-corrected chi connectivity index (χ4v) is 1.08. The van der Waals surface area contributed by atoms with Gasteiger partial charge in [-0.05, 0) is 6.07 Å². The molecule has 0 bridgehead atoms. The second-order valence-corrected chi connectivity index (χ2v) is 2.87. The summed E-state index contributed by atoms with van der Waals surface area (Å²) in [4.78, 5) is 10.4. The third-order valence-electron chi connectivity index (χ3n) is 1.58. The number of rotatable bonds is 2. The van der Waals surface area contributed by atoms with Crippen LogP contribution >= 0.6 is 24.0 Å². The number of benzene rings is 1. The number of aliphatic carboxylic acids is 1. The average Bonchev–Trinajstić information content (AvgIpc) is 2.08. The third-order valence-corrected chi connectivity index (χ3v) is 1.87. The van der Waals surface area contributed by atoms with Crippen LogP contribution in [0.2, 0.25) is 5.02 Å². The van der Waals surface area contributed by atoms with Gasteiger partial charge in [0.15, 0.2) is 0 Å². The predicted molar refractivity (Wildman–Crippen MR) is 53.2 cm³/mol. The van der Waals surface area contributed by atoms with Crippen LogP contribution in [0.15, 0.2) is 18.2 Å². The summed E-state index contributed by atoms with van der Waals surface area (Å²) < 4.78 is 13.1. The molecule has 0 saturated carbocycles. The predicted octanol–water partition coefficient (Wildman–Crippen LogP) is 1.99. The Hall–Kier alpha value is -0.840. The minimum absolute atomic E-state index is 0. The van der Waals surface area contributed by atoms with Crippen molar-refractivity contribution in [1.82, 2.24) is 0 Å². The average molecular weight is 240 g/mol. The van der Waals surface area contributed by atoms with E-state index in [1.165, 1.54) is 18.2 Å². The van der Waals surface area contributed by atoms with Crippen LogP contribution < -0.4 is 5.73 Å². The topological polar surface area (TPSA) is 63.3 Å². The van der Waals surface area contributed by atoms with Gasteiger partial charge in [0.05, 0.1) is 5.02 Å². The summed E-state index contributed by atoms with van der Waals surface area (Å²) in [5, 5.41) is 8.39. The number of carboxylic acids is 1. The van der Waals surface area contributed by atoms with Gasteiger partial charge in [-0.25, -0.2) is 4.39 Å². The summed E-state index contributed by atoms with van der Waals surface area (Å²) in [6.07, 6.45) is 0. The molecule has 78 valence electrons. The Bertz CT molecular complexity index is 346. The van der Waals surface area contributed by atoms with E-state index in [0.717, 1.165) is 0 Å². The van der Waals surface area contributed by atoms with E-state index in [4.69, 9.17) is 22.4 Å². The zero-order valence-electron chi connectivity index (χ0n) is 6.91. The van der Waals surface area contributed by atoms with Crippen molar-refractivity contribution in [1.29, 1.82) is 0 Å². The Labute approximate surface area is 91.1 Å². The molecule has 3 nitrogen and oxygen atoms in total. The van der Waals surface area contributed by atoms with Crippen LogP contribution in [0.4, 0.5) is 4.39 Å². The molecule has 6 heteroatoms. The van der Waals surface area contributed by atoms with Gasteiger partial charge >= 0.3 is 5.97 Å². The minimum Gasteiger partial charge on any atom is -0.480 e. The van der Waals surface area contributed by atoms with E-state index < -0.39 is 17.8 Å². The summed E-state index contributed by atoms with van der Waals surface area (Å²) in [5.74, 6) is -2.07. The van der Waals surface area contributed by atoms with E-state index in [2.05, 4.69) is 0 Å². The van der Waals surface area contributed by atoms with Crippen molar-refractivity contribution in [3.05, 3.63) is 34.6 Å². The Morgan fingerprint density at radius 2 is 2.14 bits per heavy atom. The largest absolute Gasteiger partial charge is 0.480 e. The Kier molecular flexibility index (Phi) is 4.83. The van der Waals surface area contributed by atoms with Gasteiger partial charge in [-0.1, -0.05) is 23.7 Å². The molecule has 0 unspecified atom stereocenters. The monoisotopic (exact) mass is 239 g/mol. The smallest absolute Gasteiger partial charge is 0.325 e. The van der Waals surface area contributed by atoms with E-state index in [9.17, 15) is 9.18 Å². The van der Waals surface area contributed by atoms with Crippen molar-refractivity contribution in [3.8, 4) is 0 Å². The van der Waals surface area contributed by atoms with Crippen molar-refractivity contribution >= 4 is 30.0 Å². The number of carbonyl (C=O) groups is 1. The molecule has 0 aliphatic rings. The van der Waals surface area contributed by atoms with E-state index in [1.54, 1.807) is 0 Å². The summed E-state index contributed by atoms with van der Waals surface area (Å²) in [7, 11) is 0. The lowest BCUT2D eigenvalue weighted by Crippen LogP contribution is -2.21. The first-order valence-electron chi connectivity index (χ1n) is 3.46. The van der Waals surface area contributed by atoms with Crippen molar-refractivity contribution in [2.24, 2.45) is 5.73 Å². The molecule has 0 spiro atoms. The van der Waals surface area contributed by atoms with Crippen molar-refractivity contribution in [2.45, 2.75) is 6.04 Å². The van der Waals surface area contributed by atoms with Gasteiger partial charge in [0.25, 0.3) is 0 Å². The molecule has 0 fully saturated rings. The fraction of sp³-hybridized carbons (Fsp3) is 0.125. The second kappa shape index (κ2) is 5.14. The maximum Gasteiger partial charge on any atom is 0.325 e. The normalized spacial score (nSPS) is 11.6. The summed E-state index contributed by atoms with van der Waals surface area (Å²) in [6, 6.07) is 2.69. The van der Waals surface area contributed by atoms with Crippen LogP contribution in [0.25, 0.3) is 0 Å². The molecule has 0 aliphatic heterocycles. The van der Waals surface area contributed by atoms with Crippen LogP contribution in [0.1, 0.15) is 11.6 Å². The van der Waals surface area contributed by atoms with Crippen LogP contribution in [0, 0.1) is 5.82 Å². The molecule has 1 aromatic rings. The number of nitrogens with two attached hydrogens (primary N) is 1. The highest BCUT2D eigenvalue weighted by atomic mass is 35.5. The number of halogens is 3. The minimum atomic E-state index is -1.38. The highest BCUT2D eigenvalue weighted by Gasteiger charge is 2.19. The molecule has 0 heterocycles. The number of hydrogen-bond donors (Lipinski definition) is 2. The first kappa shape index (κ1) is 13.2. The van der Waals surface area contributed by atoms with Crippen LogP contribution in [-0.2, 0) is 4.79 Å². The van der Waals surface area contributed by atoms with Crippen LogP contribution in [0.3, 0.4) is 0 Å². The lowest BCUT2D eigenvalue weighted by molar-refractivity contribution is -0.138. The first-order valence-corrected chi connectivity index (χ1v) is 3.84. The summed E-state index contributed by atoms with van der Waals surface area (Å²) in [6.45, 7) is 0. The van der Waals surface area contributed by atoms with Crippen molar-refractivity contribution in [2.75, 3.05) is 0 Å². The van der Waals surface area contributed by atoms with Crippen LogP contribution in [0.5, 0.6) is 0 Å². The highest BCUT2D eigenvalue weighted by molar-refractivity contribution is 6.30. The quantitative estimate of drug-likeness (QED) is 0.830.